The number of hydrogen-bond acceptors (Lipinski definition) is 6. The molecule has 0 atom stereocenters. The van der Waals surface area contributed by atoms with E-state index in [1.165, 1.54) is 26.6 Å². The van der Waals surface area contributed by atoms with Crippen molar-refractivity contribution in [2.45, 2.75) is 0 Å². The Morgan fingerprint density at radius 2 is 1.75 bits per heavy atom. The summed E-state index contributed by atoms with van der Waals surface area (Å²) in [7, 11) is 2.96. The molecule has 0 aliphatic carbocycles. The Hall–Kier alpha value is -2.24. The van der Waals surface area contributed by atoms with Crippen molar-refractivity contribution in [2.24, 2.45) is 10.3 Å². The summed E-state index contributed by atoms with van der Waals surface area (Å²) in [4.78, 5) is 0. The van der Waals surface area contributed by atoms with Crippen LogP contribution < -0.4 is 9.47 Å². The Kier molecular flexibility index (Phi) is 4.14. The smallest absolute Gasteiger partial charge is 0.169 e. The van der Waals surface area contributed by atoms with Gasteiger partial charge in [0.1, 0.15) is 0 Å². The first kappa shape index (κ1) is 11.8. The maximum absolute atomic E-state index is 8.51. The van der Waals surface area contributed by atoms with Gasteiger partial charge in [0.15, 0.2) is 11.5 Å². The topological polar surface area (TPSA) is 83.6 Å². The largest absolute Gasteiger partial charge is 0.493 e. The zero-order valence-electron chi connectivity index (χ0n) is 8.91. The Balaban J connectivity index is 3.36. The van der Waals surface area contributed by atoms with E-state index in [1.54, 1.807) is 12.1 Å². The van der Waals surface area contributed by atoms with Gasteiger partial charge in [-0.25, -0.2) is 0 Å². The molecule has 0 amide bonds. The normalized spacial score (nSPS) is 11.1. The molecule has 0 unspecified atom stereocenters. The van der Waals surface area contributed by atoms with Crippen molar-refractivity contribution < 1.29 is 19.9 Å². The summed E-state index contributed by atoms with van der Waals surface area (Å²) in [6, 6.07) is 3.26. The molecule has 6 nitrogen and oxygen atoms in total. The molecule has 0 aromatic heterocycles. The first-order valence-electron chi connectivity index (χ1n) is 4.37. The fourth-order valence-electron chi connectivity index (χ4n) is 1.32. The van der Waals surface area contributed by atoms with Crippen LogP contribution in [0.2, 0.25) is 0 Å². The Bertz CT molecular complexity index is 416. The van der Waals surface area contributed by atoms with Crippen molar-refractivity contribution >= 4 is 12.4 Å². The van der Waals surface area contributed by atoms with E-state index in [-0.39, 0.29) is 0 Å². The minimum Gasteiger partial charge on any atom is -0.493 e. The highest BCUT2D eigenvalue weighted by molar-refractivity contribution is 5.90. The molecule has 0 radical (unpaired) electrons. The lowest BCUT2D eigenvalue weighted by molar-refractivity contribution is 0.321. The third-order valence-electron chi connectivity index (χ3n) is 1.93. The van der Waals surface area contributed by atoms with Gasteiger partial charge in [-0.15, -0.1) is 0 Å². The quantitative estimate of drug-likeness (QED) is 0.459. The van der Waals surface area contributed by atoms with Gasteiger partial charge in [-0.1, -0.05) is 10.3 Å². The van der Waals surface area contributed by atoms with Crippen LogP contribution in [0.15, 0.2) is 22.4 Å². The van der Waals surface area contributed by atoms with Gasteiger partial charge in [0.2, 0.25) is 0 Å². The van der Waals surface area contributed by atoms with Gasteiger partial charge in [0.25, 0.3) is 0 Å². The Morgan fingerprint density at radius 1 is 1.06 bits per heavy atom. The molecular weight excluding hydrogens is 212 g/mol. The van der Waals surface area contributed by atoms with Gasteiger partial charge < -0.3 is 19.9 Å². The molecule has 0 aliphatic rings. The number of rotatable bonds is 4. The van der Waals surface area contributed by atoms with Crippen molar-refractivity contribution in [1.29, 1.82) is 0 Å². The van der Waals surface area contributed by atoms with E-state index < -0.39 is 0 Å². The number of benzene rings is 1. The highest BCUT2D eigenvalue weighted by Gasteiger charge is 2.10. The maximum atomic E-state index is 8.51. The van der Waals surface area contributed by atoms with Gasteiger partial charge >= 0.3 is 0 Å². The van der Waals surface area contributed by atoms with Crippen molar-refractivity contribution in [2.75, 3.05) is 14.2 Å². The summed E-state index contributed by atoms with van der Waals surface area (Å²) in [5.41, 5.74) is 1.11. The maximum Gasteiger partial charge on any atom is 0.169 e. The highest BCUT2D eigenvalue weighted by Crippen LogP contribution is 2.31. The number of methoxy groups -OCH3 is 2. The minimum absolute atomic E-state index is 0.440. The van der Waals surface area contributed by atoms with Crippen LogP contribution in [-0.4, -0.2) is 37.1 Å². The van der Waals surface area contributed by atoms with Gasteiger partial charge in [-0.2, -0.15) is 0 Å². The third kappa shape index (κ3) is 2.41. The Morgan fingerprint density at radius 3 is 2.25 bits per heavy atom. The van der Waals surface area contributed by atoms with E-state index in [9.17, 15) is 0 Å². The molecule has 0 bridgehead atoms. The second-order valence-electron chi connectivity index (χ2n) is 2.83. The van der Waals surface area contributed by atoms with E-state index in [1.807, 2.05) is 0 Å². The van der Waals surface area contributed by atoms with Crippen molar-refractivity contribution in [3.63, 3.8) is 0 Å². The number of nitrogens with zero attached hydrogens (tertiary/aromatic N) is 2. The van der Waals surface area contributed by atoms with E-state index in [4.69, 9.17) is 19.9 Å². The van der Waals surface area contributed by atoms with Crippen LogP contribution in [0.1, 0.15) is 11.1 Å². The molecule has 6 heteroatoms. The van der Waals surface area contributed by atoms with Gasteiger partial charge in [-0.05, 0) is 12.1 Å². The average molecular weight is 224 g/mol. The van der Waals surface area contributed by atoms with E-state index >= 15 is 0 Å². The molecule has 0 heterocycles. The van der Waals surface area contributed by atoms with Crippen LogP contribution in [-0.2, 0) is 0 Å². The van der Waals surface area contributed by atoms with E-state index in [2.05, 4.69) is 10.3 Å². The lowest BCUT2D eigenvalue weighted by Gasteiger charge is -2.10. The van der Waals surface area contributed by atoms with Crippen molar-refractivity contribution in [1.82, 2.24) is 0 Å². The molecule has 0 fully saturated rings. The minimum atomic E-state index is 0.440. The van der Waals surface area contributed by atoms with Crippen LogP contribution in [0.5, 0.6) is 11.5 Å². The van der Waals surface area contributed by atoms with Crippen LogP contribution in [0, 0.1) is 0 Å². The van der Waals surface area contributed by atoms with Crippen molar-refractivity contribution in [3.05, 3.63) is 23.3 Å². The lowest BCUT2D eigenvalue weighted by atomic mass is 10.1. The van der Waals surface area contributed by atoms with E-state index in [0.717, 1.165) is 0 Å². The molecule has 2 N–H and O–H groups in total. The molecule has 0 aliphatic heterocycles. The standard InChI is InChI=1S/C10H12N2O4/c1-15-9-4-7(5-11-13)3-8(6-12-14)10(9)16-2/h3-6,13-14H,1-2H3. The molecule has 1 aromatic rings. The summed E-state index contributed by atoms with van der Waals surface area (Å²) < 4.78 is 10.2. The van der Waals surface area contributed by atoms with Crippen LogP contribution in [0.25, 0.3) is 0 Å². The van der Waals surface area contributed by atoms with E-state index in [0.29, 0.717) is 22.6 Å². The zero-order valence-corrected chi connectivity index (χ0v) is 8.91. The second-order valence-corrected chi connectivity index (χ2v) is 2.83. The molecule has 0 spiro atoms. The SMILES string of the molecule is COc1cc(C=NO)cc(C=NO)c1OC. The first-order valence-corrected chi connectivity index (χ1v) is 4.37. The third-order valence-corrected chi connectivity index (χ3v) is 1.93. The van der Waals surface area contributed by atoms with Gasteiger partial charge in [0, 0.05) is 11.1 Å². The molecule has 16 heavy (non-hydrogen) atoms. The lowest BCUT2D eigenvalue weighted by Crippen LogP contribution is -1.98. The van der Waals surface area contributed by atoms with Crippen LogP contribution in [0.3, 0.4) is 0 Å². The van der Waals surface area contributed by atoms with Crippen molar-refractivity contribution in [3.8, 4) is 11.5 Å². The Labute approximate surface area is 92.4 Å². The predicted octanol–water partition coefficient (Wildman–Crippen LogP) is 1.32. The van der Waals surface area contributed by atoms with Crippen LogP contribution in [0.4, 0.5) is 0 Å². The molecule has 86 valence electrons. The number of ether oxygens (including phenoxy) is 2. The van der Waals surface area contributed by atoms with Gasteiger partial charge in [0.05, 0.1) is 26.6 Å². The fourth-order valence-corrected chi connectivity index (χ4v) is 1.32. The molecule has 0 saturated heterocycles. The summed E-state index contributed by atoms with van der Waals surface area (Å²) in [5, 5.41) is 22.8. The van der Waals surface area contributed by atoms with Gasteiger partial charge in [-0.3, -0.25) is 0 Å². The predicted molar refractivity (Wildman–Crippen MR) is 58.3 cm³/mol. The summed E-state index contributed by atoms with van der Waals surface area (Å²) in [6.07, 6.45) is 2.44. The molecule has 1 aromatic carbocycles. The monoisotopic (exact) mass is 224 g/mol. The zero-order chi connectivity index (χ0) is 12.0. The number of oxime groups is 2. The first-order chi connectivity index (χ1) is 7.76. The summed E-state index contributed by atoms with van der Waals surface area (Å²) >= 11 is 0. The molecular formula is C10H12N2O4. The number of hydrogen-bond donors (Lipinski definition) is 2. The average Bonchev–Trinajstić information content (AvgIpc) is 2.29. The summed E-state index contributed by atoms with van der Waals surface area (Å²) in [6.45, 7) is 0. The van der Waals surface area contributed by atoms with Crippen LogP contribution >= 0.6 is 0 Å². The molecule has 1 rings (SSSR count). The second kappa shape index (κ2) is 5.59. The fraction of sp³-hybridized carbons (Fsp3) is 0.200. The highest BCUT2D eigenvalue weighted by atomic mass is 16.5. The summed E-state index contributed by atoms with van der Waals surface area (Å²) in [5.74, 6) is 0.894. The molecule has 0 saturated carbocycles.